The molecule has 2 aromatic carbocycles. The molecular formula is C28H35ClN4O2. The Kier molecular flexibility index (Phi) is 8.73. The van der Waals surface area contributed by atoms with Gasteiger partial charge in [0.1, 0.15) is 12.4 Å². The number of amides is 2. The van der Waals surface area contributed by atoms with Gasteiger partial charge in [-0.3, -0.25) is 9.59 Å². The summed E-state index contributed by atoms with van der Waals surface area (Å²) in [6, 6.07) is 16.7. The molecule has 186 valence electrons. The molecule has 0 aliphatic rings. The minimum atomic E-state index is -0.272. The van der Waals surface area contributed by atoms with E-state index >= 15 is 0 Å². The van der Waals surface area contributed by atoms with Crippen LogP contribution < -0.4 is 5.32 Å². The second-order valence-corrected chi connectivity index (χ2v) is 10.3. The number of unbranched alkanes of at least 4 members (excludes halogenated alkanes) is 2. The van der Waals surface area contributed by atoms with Crippen LogP contribution in [-0.2, 0) is 10.2 Å². The molecule has 0 aliphatic heterocycles. The third kappa shape index (κ3) is 7.18. The molecule has 0 saturated carbocycles. The molecule has 1 N–H and O–H groups in total. The van der Waals surface area contributed by atoms with Gasteiger partial charge in [0.05, 0.1) is 11.4 Å². The number of hydrogen-bond acceptors (Lipinski definition) is 3. The van der Waals surface area contributed by atoms with Crippen LogP contribution in [-0.4, -0.2) is 39.6 Å². The Morgan fingerprint density at radius 2 is 1.80 bits per heavy atom. The van der Waals surface area contributed by atoms with Gasteiger partial charge in [-0.1, -0.05) is 70.3 Å². The van der Waals surface area contributed by atoms with Gasteiger partial charge in [-0.2, -0.15) is 5.10 Å². The standard InChI is InChI=1S/C28H35ClN4O2/c1-6-7-8-15-32(27(35)21-12-10-13-22(29)17-21)19-26(34)30-25-18-24(28(3,4)5)31-33(25)23-14-9-11-20(2)16-23/h9-14,16-18H,6-8,15,19H2,1-5H3,(H,30,34). The highest BCUT2D eigenvalue weighted by Gasteiger charge is 2.23. The Hall–Kier alpha value is -3.12. The van der Waals surface area contributed by atoms with Gasteiger partial charge in [-0.15, -0.1) is 0 Å². The number of carbonyl (C=O) groups excluding carboxylic acids is 2. The first kappa shape index (κ1) is 26.5. The zero-order valence-electron chi connectivity index (χ0n) is 21.3. The van der Waals surface area contributed by atoms with Crippen molar-refractivity contribution in [3.63, 3.8) is 0 Å². The van der Waals surface area contributed by atoms with Crippen molar-refractivity contribution in [2.24, 2.45) is 0 Å². The van der Waals surface area contributed by atoms with Crippen molar-refractivity contribution < 1.29 is 9.59 Å². The molecule has 35 heavy (non-hydrogen) atoms. The molecule has 0 spiro atoms. The topological polar surface area (TPSA) is 67.2 Å². The molecule has 3 rings (SSSR count). The van der Waals surface area contributed by atoms with Crippen molar-refractivity contribution >= 4 is 29.2 Å². The summed E-state index contributed by atoms with van der Waals surface area (Å²) in [6.45, 7) is 10.8. The first-order valence-electron chi connectivity index (χ1n) is 12.1. The molecule has 3 aromatic rings. The van der Waals surface area contributed by atoms with Gasteiger partial charge in [0.2, 0.25) is 5.91 Å². The Balaban J connectivity index is 1.86. The lowest BCUT2D eigenvalue weighted by molar-refractivity contribution is -0.117. The summed E-state index contributed by atoms with van der Waals surface area (Å²) >= 11 is 6.10. The van der Waals surface area contributed by atoms with E-state index in [1.165, 1.54) is 0 Å². The number of aryl methyl sites for hydroxylation is 1. The molecule has 0 saturated heterocycles. The van der Waals surface area contributed by atoms with Gasteiger partial charge in [0.15, 0.2) is 0 Å². The third-order valence-electron chi connectivity index (χ3n) is 5.72. The molecule has 6 nitrogen and oxygen atoms in total. The Morgan fingerprint density at radius 3 is 2.46 bits per heavy atom. The Bertz CT molecular complexity index is 1180. The average molecular weight is 495 g/mol. The first-order chi connectivity index (χ1) is 16.6. The number of anilines is 1. The summed E-state index contributed by atoms with van der Waals surface area (Å²) in [4.78, 5) is 28.0. The zero-order valence-corrected chi connectivity index (χ0v) is 22.0. The predicted octanol–water partition coefficient (Wildman–Crippen LogP) is 6.40. The van der Waals surface area contributed by atoms with E-state index in [-0.39, 0.29) is 23.8 Å². The number of halogens is 1. The lowest BCUT2D eigenvalue weighted by Gasteiger charge is -2.22. The molecule has 0 bridgehead atoms. The molecule has 0 aliphatic carbocycles. The van der Waals surface area contributed by atoms with E-state index in [4.69, 9.17) is 16.7 Å². The van der Waals surface area contributed by atoms with Gasteiger partial charge in [0.25, 0.3) is 5.91 Å². The highest BCUT2D eigenvalue weighted by molar-refractivity contribution is 6.31. The maximum atomic E-state index is 13.2. The van der Waals surface area contributed by atoms with Gasteiger partial charge in [0, 0.05) is 28.6 Å². The second kappa shape index (κ2) is 11.5. The van der Waals surface area contributed by atoms with Crippen LogP contribution in [0.1, 0.15) is 68.6 Å². The van der Waals surface area contributed by atoms with Crippen LogP contribution in [0.15, 0.2) is 54.6 Å². The van der Waals surface area contributed by atoms with Crippen LogP contribution in [0.3, 0.4) is 0 Å². The molecule has 7 heteroatoms. The van der Waals surface area contributed by atoms with Crippen LogP contribution in [0.4, 0.5) is 5.82 Å². The minimum Gasteiger partial charge on any atom is -0.329 e. The first-order valence-corrected chi connectivity index (χ1v) is 12.5. The molecular weight excluding hydrogens is 460 g/mol. The summed E-state index contributed by atoms with van der Waals surface area (Å²) in [5.41, 5.74) is 3.11. The molecule has 1 aromatic heterocycles. The number of rotatable bonds is 9. The highest BCUT2D eigenvalue weighted by Crippen LogP contribution is 2.26. The van der Waals surface area contributed by atoms with E-state index in [1.54, 1.807) is 33.8 Å². The number of nitrogens with one attached hydrogen (secondary N) is 1. The largest absolute Gasteiger partial charge is 0.329 e. The van der Waals surface area contributed by atoms with Crippen molar-refractivity contribution in [1.29, 1.82) is 0 Å². The van der Waals surface area contributed by atoms with E-state index in [1.807, 2.05) is 37.3 Å². The van der Waals surface area contributed by atoms with Crippen LogP contribution in [0.2, 0.25) is 5.02 Å². The fourth-order valence-corrected chi connectivity index (χ4v) is 3.95. The maximum Gasteiger partial charge on any atom is 0.254 e. The Labute approximate surface area is 213 Å². The number of hydrogen-bond donors (Lipinski definition) is 1. The monoisotopic (exact) mass is 494 g/mol. The smallest absolute Gasteiger partial charge is 0.254 e. The summed E-state index contributed by atoms with van der Waals surface area (Å²) in [5.74, 6) is 0.0988. The van der Waals surface area contributed by atoms with Crippen LogP contribution in [0.5, 0.6) is 0 Å². The maximum absolute atomic E-state index is 13.2. The van der Waals surface area contributed by atoms with Crippen LogP contribution in [0.25, 0.3) is 5.69 Å². The highest BCUT2D eigenvalue weighted by atomic mass is 35.5. The zero-order chi connectivity index (χ0) is 25.6. The second-order valence-electron chi connectivity index (χ2n) is 9.91. The van der Waals surface area contributed by atoms with E-state index < -0.39 is 0 Å². The number of nitrogens with zero attached hydrogens (tertiary/aromatic N) is 3. The quantitative estimate of drug-likeness (QED) is 0.350. The molecule has 1 heterocycles. The van der Waals surface area contributed by atoms with Crippen LogP contribution in [0, 0.1) is 6.92 Å². The minimum absolute atomic E-state index is 0.0566. The third-order valence-corrected chi connectivity index (χ3v) is 5.95. The van der Waals surface area contributed by atoms with Crippen molar-refractivity contribution in [3.05, 3.63) is 76.4 Å². The molecule has 2 amide bonds. The lowest BCUT2D eigenvalue weighted by atomic mass is 9.92. The van der Waals surface area contributed by atoms with Crippen molar-refractivity contribution in [1.82, 2.24) is 14.7 Å². The summed E-state index contributed by atoms with van der Waals surface area (Å²) in [5, 5.41) is 8.28. The summed E-state index contributed by atoms with van der Waals surface area (Å²) < 4.78 is 1.76. The average Bonchev–Trinajstić information content (AvgIpc) is 3.22. The van der Waals surface area contributed by atoms with Gasteiger partial charge in [-0.05, 0) is 49.2 Å². The number of aromatic nitrogens is 2. The normalized spacial score (nSPS) is 11.4. The van der Waals surface area contributed by atoms with E-state index in [0.29, 0.717) is 22.9 Å². The van der Waals surface area contributed by atoms with E-state index in [0.717, 1.165) is 36.2 Å². The van der Waals surface area contributed by atoms with Gasteiger partial charge in [-0.25, -0.2) is 4.68 Å². The van der Waals surface area contributed by atoms with Gasteiger partial charge < -0.3 is 10.2 Å². The van der Waals surface area contributed by atoms with Crippen molar-refractivity contribution in [3.8, 4) is 5.69 Å². The van der Waals surface area contributed by atoms with Crippen LogP contribution >= 0.6 is 11.6 Å². The molecule has 0 atom stereocenters. The Morgan fingerprint density at radius 1 is 1.06 bits per heavy atom. The lowest BCUT2D eigenvalue weighted by Crippen LogP contribution is -2.39. The summed E-state index contributed by atoms with van der Waals surface area (Å²) in [6.07, 6.45) is 2.83. The van der Waals surface area contributed by atoms with Crippen molar-refractivity contribution in [2.75, 3.05) is 18.4 Å². The summed E-state index contributed by atoms with van der Waals surface area (Å²) in [7, 11) is 0. The predicted molar refractivity (Wildman–Crippen MR) is 143 cm³/mol. The fraction of sp³-hybridized carbons (Fsp3) is 0.393. The van der Waals surface area contributed by atoms with Crippen molar-refractivity contribution in [2.45, 2.75) is 59.3 Å². The molecule has 0 radical (unpaired) electrons. The molecule has 0 fully saturated rings. The van der Waals surface area contributed by atoms with E-state index in [2.05, 4.69) is 33.0 Å². The number of benzene rings is 2. The SMILES string of the molecule is CCCCCN(CC(=O)Nc1cc(C(C)(C)C)nn1-c1cccc(C)c1)C(=O)c1cccc(Cl)c1. The fourth-order valence-electron chi connectivity index (χ4n) is 3.76. The number of carbonyl (C=O) groups is 2. The molecule has 0 unspecified atom stereocenters. The van der Waals surface area contributed by atoms with Gasteiger partial charge >= 0.3 is 0 Å². The van der Waals surface area contributed by atoms with E-state index in [9.17, 15) is 9.59 Å².